The monoisotopic (exact) mass is 876 g/mol. The first-order valence-corrected chi connectivity index (χ1v) is 24.2. The van der Waals surface area contributed by atoms with E-state index in [1.807, 2.05) is 0 Å². The number of benzene rings is 10. The van der Waals surface area contributed by atoms with Crippen LogP contribution in [0.2, 0.25) is 0 Å². The van der Waals surface area contributed by atoms with E-state index in [-0.39, 0.29) is 17.4 Å². The van der Waals surface area contributed by atoms with E-state index in [2.05, 4.69) is 259 Å². The standard InChI is InChI=1S/C67H44N2/c1-3-16-42(17-4-1)47-36-48(43-18-5-2-6-19-43)38-49(37-47)44-20-15-21-50(39-44)69-63-29-14-10-24-53(63)57-41-46(31-35-64(57)69)45-30-34-62-56(40-45)54-32-33-61-65(66(54)68-62)55-25-9-13-28-60(55)67(61)58-26-11-7-22-51(58)52-23-8-12-27-59(52)67/h1-41,56,62,68H. The van der Waals surface area contributed by atoms with Gasteiger partial charge in [-0.3, -0.25) is 0 Å². The Bertz CT molecular complexity index is 3890. The van der Waals surface area contributed by atoms with E-state index in [1.165, 1.54) is 122 Å². The average molecular weight is 877 g/mol. The summed E-state index contributed by atoms with van der Waals surface area (Å²) in [4.78, 5) is 0. The number of nitrogens with zero attached hydrogens (tertiary/aromatic N) is 1. The summed E-state index contributed by atoms with van der Waals surface area (Å²) in [5.74, 6) is 0.208. The van der Waals surface area contributed by atoms with Gasteiger partial charge in [0.15, 0.2) is 0 Å². The smallest absolute Gasteiger partial charge is 0.0726 e. The fourth-order valence-electron chi connectivity index (χ4n) is 12.7. The van der Waals surface area contributed by atoms with Gasteiger partial charge in [0, 0.05) is 33.6 Å². The third-order valence-electron chi connectivity index (χ3n) is 15.7. The van der Waals surface area contributed by atoms with Gasteiger partial charge in [0.25, 0.3) is 0 Å². The third-order valence-corrected chi connectivity index (χ3v) is 15.7. The van der Waals surface area contributed by atoms with Crippen molar-refractivity contribution in [3.05, 3.63) is 282 Å². The highest BCUT2D eigenvalue weighted by atomic mass is 15.0. The van der Waals surface area contributed by atoms with Gasteiger partial charge in [-0.15, -0.1) is 0 Å². The van der Waals surface area contributed by atoms with Crippen LogP contribution in [0.25, 0.3) is 88.7 Å². The molecule has 0 saturated carbocycles. The van der Waals surface area contributed by atoms with E-state index >= 15 is 0 Å². The van der Waals surface area contributed by atoms with Crippen molar-refractivity contribution in [1.82, 2.24) is 4.57 Å². The van der Waals surface area contributed by atoms with Crippen molar-refractivity contribution in [1.29, 1.82) is 0 Å². The minimum Gasteiger partial charge on any atom is -0.377 e. The van der Waals surface area contributed by atoms with Crippen molar-refractivity contribution in [3.63, 3.8) is 0 Å². The predicted octanol–water partition coefficient (Wildman–Crippen LogP) is 16.7. The van der Waals surface area contributed by atoms with Crippen LogP contribution in [0.3, 0.4) is 0 Å². The quantitative estimate of drug-likeness (QED) is 0.182. The maximum atomic E-state index is 4.08. The van der Waals surface area contributed by atoms with Gasteiger partial charge in [0.1, 0.15) is 0 Å². The SMILES string of the molecule is C1=CC2Nc3c(ccc4c3-c3ccccc3C43c4ccccc4-c4ccccc43)C2C=C1c1ccc2c(c1)c1ccccc1n2-c1cccc(-c2cc(-c3ccccc3)cc(-c3ccccc3)c2)c1. The molecule has 1 spiro atoms. The van der Waals surface area contributed by atoms with Crippen LogP contribution >= 0.6 is 0 Å². The first kappa shape index (κ1) is 38.4. The summed E-state index contributed by atoms with van der Waals surface area (Å²) >= 11 is 0. The molecule has 2 heterocycles. The largest absolute Gasteiger partial charge is 0.377 e. The van der Waals surface area contributed by atoms with Crippen LogP contribution in [0, 0.1) is 0 Å². The summed E-state index contributed by atoms with van der Waals surface area (Å²) < 4.78 is 2.45. The molecule has 1 aromatic heterocycles. The fourth-order valence-corrected chi connectivity index (χ4v) is 12.7. The van der Waals surface area contributed by atoms with Gasteiger partial charge in [-0.1, -0.05) is 200 Å². The number of hydrogen-bond donors (Lipinski definition) is 1. The molecule has 69 heavy (non-hydrogen) atoms. The molecular weight excluding hydrogens is 833 g/mol. The number of nitrogens with one attached hydrogen (secondary N) is 1. The molecule has 0 radical (unpaired) electrons. The number of allylic oxidation sites excluding steroid dienone is 2. The summed E-state index contributed by atoms with van der Waals surface area (Å²) in [5.41, 5.74) is 26.4. The van der Waals surface area contributed by atoms with E-state index in [4.69, 9.17) is 0 Å². The van der Waals surface area contributed by atoms with Crippen molar-refractivity contribution < 1.29 is 0 Å². The van der Waals surface area contributed by atoms with Crippen LogP contribution in [0.4, 0.5) is 5.69 Å². The van der Waals surface area contributed by atoms with Crippen LogP contribution in [-0.4, -0.2) is 10.6 Å². The molecule has 322 valence electrons. The lowest BCUT2D eigenvalue weighted by Gasteiger charge is -2.30. The summed E-state index contributed by atoms with van der Waals surface area (Å²) in [7, 11) is 0. The number of rotatable bonds is 5. The lowest BCUT2D eigenvalue weighted by atomic mass is 9.70. The average Bonchev–Trinajstić information content (AvgIpc) is 4.15. The van der Waals surface area contributed by atoms with Crippen molar-refractivity contribution >= 4 is 33.1 Å². The lowest BCUT2D eigenvalue weighted by Crippen LogP contribution is -2.25. The van der Waals surface area contributed by atoms with Gasteiger partial charge in [-0.05, 0) is 138 Å². The summed E-state index contributed by atoms with van der Waals surface area (Å²) in [6, 6.07) is 85.8. The highest BCUT2D eigenvalue weighted by molar-refractivity contribution is 6.10. The van der Waals surface area contributed by atoms with Crippen LogP contribution in [0.15, 0.2) is 249 Å². The van der Waals surface area contributed by atoms with Gasteiger partial charge < -0.3 is 9.88 Å². The topological polar surface area (TPSA) is 17.0 Å². The summed E-state index contributed by atoms with van der Waals surface area (Å²) in [6.45, 7) is 0. The minimum absolute atomic E-state index is 0.178. The van der Waals surface area contributed by atoms with Crippen LogP contribution in [0.5, 0.6) is 0 Å². The predicted molar refractivity (Wildman–Crippen MR) is 287 cm³/mol. The van der Waals surface area contributed by atoms with E-state index in [9.17, 15) is 0 Å². The Morgan fingerprint density at radius 3 is 1.68 bits per heavy atom. The first-order chi connectivity index (χ1) is 34.2. The molecule has 0 saturated heterocycles. The van der Waals surface area contributed by atoms with Crippen molar-refractivity contribution in [2.75, 3.05) is 5.32 Å². The number of fused-ring (bicyclic) bond motifs is 17. The van der Waals surface area contributed by atoms with E-state index < -0.39 is 0 Å². The minimum atomic E-state index is -0.352. The van der Waals surface area contributed by atoms with Gasteiger partial charge in [-0.25, -0.2) is 0 Å². The maximum absolute atomic E-state index is 4.08. The number of anilines is 1. The molecule has 1 aliphatic heterocycles. The normalized spacial score (nSPS) is 16.4. The van der Waals surface area contributed by atoms with E-state index in [0.29, 0.717) is 0 Å². The van der Waals surface area contributed by atoms with Crippen molar-refractivity contribution in [2.45, 2.75) is 17.4 Å². The van der Waals surface area contributed by atoms with Gasteiger partial charge in [0.05, 0.1) is 22.5 Å². The summed E-state index contributed by atoms with van der Waals surface area (Å²) in [6.07, 6.45) is 7.26. The Morgan fingerprint density at radius 1 is 0.391 bits per heavy atom. The molecule has 2 atom stereocenters. The molecule has 1 N–H and O–H groups in total. The molecular formula is C67H44N2. The highest BCUT2D eigenvalue weighted by Crippen LogP contribution is 2.65. The zero-order chi connectivity index (χ0) is 45.2. The Kier molecular flexibility index (Phi) is 8.15. The van der Waals surface area contributed by atoms with Gasteiger partial charge >= 0.3 is 0 Å². The Hall–Kier alpha value is -8.72. The van der Waals surface area contributed by atoms with Crippen LogP contribution in [-0.2, 0) is 5.41 Å². The molecule has 0 amide bonds. The van der Waals surface area contributed by atoms with Crippen molar-refractivity contribution in [2.24, 2.45) is 0 Å². The number of aromatic nitrogens is 1. The lowest BCUT2D eigenvalue weighted by molar-refractivity contribution is 0.792. The summed E-state index contributed by atoms with van der Waals surface area (Å²) in [5, 5.41) is 6.59. The Balaban J connectivity index is 0.826. The molecule has 3 aliphatic carbocycles. The van der Waals surface area contributed by atoms with E-state index in [1.54, 1.807) is 0 Å². The second-order valence-corrected chi connectivity index (χ2v) is 19.2. The second-order valence-electron chi connectivity index (χ2n) is 19.2. The zero-order valence-corrected chi connectivity index (χ0v) is 37.8. The van der Waals surface area contributed by atoms with Gasteiger partial charge in [-0.2, -0.15) is 0 Å². The third kappa shape index (κ3) is 5.49. The maximum Gasteiger partial charge on any atom is 0.0726 e. The molecule has 0 bridgehead atoms. The Labute approximate surface area is 401 Å². The molecule has 2 unspecified atom stereocenters. The van der Waals surface area contributed by atoms with Gasteiger partial charge in [0.2, 0.25) is 0 Å². The second kappa shape index (κ2) is 14.6. The molecule has 2 heteroatoms. The Morgan fingerprint density at radius 2 is 0.971 bits per heavy atom. The van der Waals surface area contributed by atoms with Crippen molar-refractivity contribution in [3.8, 4) is 61.3 Å². The van der Waals surface area contributed by atoms with Crippen LogP contribution < -0.4 is 5.32 Å². The van der Waals surface area contributed by atoms with E-state index in [0.717, 1.165) is 5.69 Å². The molecule has 4 aliphatic rings. The van der Waals surface area contributed by atoms with Crippen LogP contribution in [0.1, 0.15) is 39.3 Å². The molecule has 2 nitrogen and oxygen atoms in total. The molecule has 15 rings (SSSR count). The highest BCUT2D eigenvalue weighted by Gasteiger charge is 2.53. The zero-order valence-electron chi connectivity index (χ0n) is 37.8. The molecule has 0 fully saturated rings. The number of para-hydroxylation sites is 1. The first-order valence-electron chi connectivity index (χ1n) is 24.2. The fraction of sp³-hybridized carbons (Fsp3) is 0.0448. The molecule has 10 aromatic carbocycles. The molecule has 11 aromatic rings. The number of hydrogen-bond acceptors (Lipinski definition) is 1.